The molecule has 2 heterocycles. The van der Waals surface area contributed by atoms with Crippen LogP contribution in [0.25, 0.3) is 0 Å². The molecule has 0 saturated heterocycles. The van der Waals surface area contributed by atoms with E-state index in [4.69, 9.17) is 0 Å². The summed E-state index contributed by atoms with van der Waals surface area (Å²) in [5.74, 6) is -0.539. The molecule has 0 atom stereocenters. The van der Waals surface area contributed by atoms with Gasteiger partial charge in [-0.1, -0.05) is 0 Å². The zero-order chi connectivity index (χ0) is 13.7. The number of pyridine rings is 1. The van der Waals surface area contributed by atoms with Crippen LogP contribution in [0.3, 0.4) is 0 Å². The number of rotatable bonds is 5. The van der Waals surface area contributed by atoms with Gasteiger partial charge in [0.25, 0.3) is 5.91 Å². The fraction of sp³-hybridized carbons (Fsp3) is 0.250. The Morgan fingerprint density at radius 2 is 2.32 bits per heavy atom. The van der Waals surface area contributed by atoms with Gasteiger partial charge in [-0.25, -0.2) is 14.4 Å². The largest absolute Gasteiger partial charge is 0.372 e. The van der Waals surface area contributed by atoms with E-state index < -0.39 is 5.82 Å². The molecule has 19 heavy (non-hydrogen) atoms. The third-order valence-corrected chi connectivity index (χ3v) is 3.12. The lowest BCUT2D eigenvalue weighted by molar-refractivity contribution is 0.0954. The van der Waals surface area contributed by atoms with Gasteiger partial charge in [-0.2, -0.15) is 0 Å². The van der Waals surface area contributed by atoms with Crippen LogP contribution in [0.1, 0.15) is 16.1 Å². The number of thiazole rings is 1. The molecule has 0 aliphatic heterocycles. The van der Waals surface area contributed by atoms with Crippen molar-refractivity contribution >= 4 is 23.1 Å². The van der Waals surface area contributed by atoms with Crippen LogP contribution in [0.15, 0.2) is 23.2 Å². The molecule has 100 valence electrons. The Morgan fingerprint density at radius 3 is 3.00 bits per heavy atom. The van der Waals surface area contributed by atoms with Gasteiger partial charge < -0.3 is 10.6 Å². The van der Waals surface area contributed by atoms with E-state index in [1.54, 1.807) is 12.6 Å². The minimum absolute atomic E-state index is 0.195. The predicted octanol–water partition coefficient (Wildman–Crippen LogP) is 1.69. The third kappa shape index (κ3) is 3.47. The summed E-state index contributed by atoms with van der Waals surface area (Å²) in [6.45, 7) is 0.447. The van der Waals surface area contributed by atoms with Crippen LogP contribution in [0.2, 0.25) is 0 Å². The first kappa shape index (κ1) is 13.4. The summed E-state index contributed by atoms with van der Waals surface area (Å²) < 4.78 is 13.1. The van der Waals surface area contributed by atoms with Gasteiger partial charge in [0.1, 0.15) is 11.6 Å². The standard InChI is InChI=1S/C12H13FN4OS/c1-14-11-10(4-8(13)5-16-11)12(18)15-3-2-9-6-19-7-17-9/h4-7H,2-3H2,1H3,(H,14,16)(H,15,18). The van der Waals surface area contributed by atoms with E-state index in [0.717, 1.165) is 18.0 Å². The first-order valence-electron chi connectivity index (χ1n) is 5.69. The minimum Gasteiger partial charge on any atom is -0.372 e. The second-order valence-electron chi connectivity index (χ2n) is 3.79. The van der Waals surface area contributed by atoms with Gasteiger partial charge >= 0.3 is 0 Å². The molecule has 0 saturated carbocycles. The monoisotopic (exact) mass is 280 g/mol. The Bertz CT molecular complexity index is 559. The van der Waals surface area contributed by atoms with Crippen molar-refractivity contribution < 1.29 is 9.18 Å². The van der Waals surface area contributed by atoms with Crippen LogP contribution in [0.5, 0.6) is 0 Å². The Hall–Kier alpha value is -2.02. The SMILES string of the molecule is CNc1ncc(F)cc1C(=O)NCCc1cscn1. The maximum atomic E-state index is 13.1. The molecule has 2 N–H and O–H groups in total. The summed E-state index contributed by atoms with van der Waals surface area (Å²) in [6, 6.07) is 1.16. The lowest BCUT2D eigenvalue weighted by Crippen LogP contribution is -2.27. The van der Waals surface area contributed by atoms with E-state index in [-0.39, 0.29) is 11.5 Å². The van der Waals surface area contributed by atoms with Crippen LogP contribution < -0.4 is 10.6 Å². The molecule has 0 aliphatic rings. The van der Waals surface area contributed by atoms with Crippen LogP contribution in [0, 0.1) is 5.82 Å². The highest BCUT2D eigenvalue weighted by Gasteiger charge is 2.12. The van der Waals surface area contributed by atoms with Crippen molar-refractivity contribution in [3.8, 4) is 0 Å². The van der Waals surface area contributed by atoms with Gasteiger partial charge in [0.05, 0.1) is 23.0 Å². The topological polar surface area (TPSA) is 66.9 Å². The number of nitrogens with zero attached hydrogens (tertiary/aromatic N) is 2. The molecular weight excluding hydrogens is 267 g/mol. The van der Waals surface area contributed by atoms with Crippen LogP contribution >= 0.6 is 11.3 Å². The molecule has 2 rings (SSSR count). The summed E-state index contributed by atoms with van der Waals surface area (Å²) in [5, 5.41) is 7.40. The molecular formula is C12H13FN4OS. The molecule has 0 spiro atoms. The van der Waals surface area contributed by atoms with E-state index in [0.29, 0.717) is 18.8 Å². The van der Waals surface area contributed by atoms with Crippen molar-refractivity contribution in [1.82, 2.24) is 15.3 Å². The molecule has 1 amide bonds. The normalized spacial score (nSPS) is 10.2. The molecule has 7 heteroatoms. The van der Waals surface area contributed by atoms with Crippen LogP contribution in [-0.4, -0.2) is 29.5 Å². The summed E-state index contributed by atoms with van der Waals surface area (Å²) in [7, 11) is 1.63. The molecule has 0 aliphatic carbocycles. The second kappa shape index (κ2) is 6.24. The van der Waals surface area contributed by atoms with Crippen molar-refractivity contribution in [2.75, 3.05) is 18.9 Å². The van der Waals surface area contributed by atoms with Gasteiger partial charge in [0, 0.05) is 25.4 Å². The maximum Gasteiger partial charge on any atom is 0.255 e. The Kier molecular flexibility index (Phi) is 4.40. The molecule has 0 unspecified atom stereocenters. The number of hydrogen-bond donors (Lipinski definition) is 2. The Morgan fingerprint density at radius 1 is 1.47 bits per heavy atom. The fourth-order valence-corrected chi connectivity index (χ4v) is 2.16. The number of hydrogen-bond acceptors (Lipinski definition) is 5. The number of amides is 1. The molecule has 0 bridgehead atoms. The van der Waals surface area contributed by atoms with Crippen molar-refractivity contribution in [3.05, 3.63) is 40.2 Å². The fourth-order valence-electron chi connectivity index (χ4n) is 1.57. The first-order chi connectivity index (χ1) is 9.20. The number of aromatic nitrogens is 2. The summed E-state index contributed by atoms with van der Waals surface area (Å²) in [4.78, 5) is 19.9. The van der Waals surface area contributed by atoms with Crippen molar-refractivity contribution in [3.63, 3.8) is 0 Å². The highest BCUT2D eigenvalue weighted by Crippen LogP contribution is 2.12. The van der Waals surface area contributed by atoms with Gasteiger partial charge in [-0.05, 0) is 6.07 Å². The molecule has 5 nitrogen and oxygen atoms in total. The van der Waals surface area contributed by atoms with E-state index in [9.17, 15) is 9.18 Å². The van der Waals surface area contributed by atoms with E-state index >= 15 is 0 Å². The zero-order valence-corrected chi connectivity index (χ0v) is 11.1. The smallest absolute Gasteiger partial charge is 0.255 e. The quantitative estimate of drug-likeness (QED) is 0.874. The van der Waals surface area contributed by atoms with Gasteiger partial charge in [-0.15, -0.1) is 11.3 Å². The van der Waals surface area contributed by atoms with Crippen LogP contribution in [-0.2, 0) is 6.42 Å². The Balaban J connectivity index is 1.97. The Labute approximate surface area is 113 Å². The number of anilines is 1. The van der Waals surface area contributed by atoms with Crippen molar-refractivity contribution in [2.24, 2.45) is 0 Å². The maximum absolute atomic E-state index is 13.1. The molecule has 2 aromatic heterocycles. The molecule has 0 fully saturated rings. The minimum atomic E-state index is -0.538. The highest BCUT2D eigenvalue weighted by atomic mass is 32.1. The van der Waals surface area contributed by atoms with E-state index in [2.05, 4.69) is 20.6 Å². The van der Waals surface area contributed by atoms with Gasteiger partial charge in [-0.3, -0.25) is 4.79 Å². The first-order valence-corrected chi connectivity index (χ1v) is 6.63. The second-order valence-corrected chi connectivity index (χ2v) is 4.50. The van der Waals surface area contributed by atoms with Crippen molar-refractivity contribution in [2.45, 2.75) is 6.42 Å². The summed E-state index contributed by atoms with van der Waals surface area (Å²) in [5.41, 5.74) is 2.87. The zero-order valence-electron chi connectivity index (χ0n) is 10.3. The lowest BCUT2D eigenvalue weighted by atomic mass is 10.2. The number of carbonyl (C=O) groups excluding carboxylic acids is 1. The lowest BCUT2D eigenvalue weighted by Gasteiger charge is -2.08. The van der Waals surface area contributed by atoms with E-state index in [1.165, 1.54) is 11.3 Å². The average molecular weight is 280 g/mol. The number of nitrogens with one attached hydrogen (secondary N) is 2. The third-order valence-electron chi connectivity index (χ3n) is 2.49. The molecule has 0 aromatic carbocycles. The summed E-state index contributed by atoms with van der Waals surface area (Å²) >= 11 is 1.51. The van der Waals surface area contributed by atoms with Crippen LogP contribution in [0.4, 0.5) is 10.2 Å². The number of halogens is 1. The van der Waals surface area contributed by atoms with Gasteiger partial charge in [0.15, 0.2) is 0 Å². The molecule has 2 aromatic rings. The van der Waals surface area contributed by atoms with Gasteiger partial charge in [0.2, 0.25) is 0 Å². The predicted molar refractivity (Wildman–Crippen MR) is 71.9 cm³/mol. The van der Waals surface area contributed by atoms with Crippen molar-refractivity contribution in [1.29, 1.82) is 0 Å². The highest BCUT2D eigenvalue weighted by molar-refractivity contribution is 7.07. The average Bonchev–Trinajstić information content (AvgIpc) is 2.91. The number of carbonyl (C=O) groups is 1. The summed E-state index contributed by atoms with van der Waals surface area (Å²) in [6.07, 6.45) is 1.71. The molecule has 0 radical (unpaired) electrons. The van der Waals surface area contributed by atoms with E-state index in [1.807, 2.05) is 5.38 Å².